The van der Waals surface area contributed by atoms with Crippen LogP contribution in [-0.4, -0.2) is 42.5 Å². The second-order valence-electron chi connectivity index (χ2n) is 2.31. The van der Waals surface area contributed by atoms with Crippen LogP contribution in [0.5, 0.6) is 0 Å². The molecule has 0 fully saturated rings. The van der Waals surface area contributed by atoms with E-state index < -0.39 is 25.7 Å². The van der Waals surface area contributed by atoms with Crippen molar-refractivity contribution >= 4 is 17.3 Å². The fraction of sp³-hybridized carbons (Fsp3) is 0.833. The van der Waals surface area contributed by atoms with Crippen LogP contribution in [0.25, 0.3) is 0 Å². The summed E-state index contributed by atoms with van der Waals surface area (Å²) in [4.78, 5) is 0. The SMILES string of the molecule is OCC(F)(F)CNC(=S)NCCF. The molecule has 0 aromatic heterocycles. The predicted molar refractivity (Wildman–Crippen MR) is 46.6 cm³/mol. The highest BCUT2D eigenvalue weighted by molar-refractivity contribution is 7.80. The Morgan fingerprint density at radius 3 is 2.46 bits per heavy atom. The van der Waals surface area contributed by atoms with Gasteiger partial charge in [-0.3, -0.25) is 0 Å². The van der Waals surface area contributed by atoms with Gasteiger partial charge < -0.3 is 15.7 Å². The van der Waals surface area contributed by atoms with Crippen molar-refractivity contribution in [3.8, 4) is 0 Å². The van der Waals surface area contributed by atoms with Crippen molar-refractivity contribution in [3.63, 3.8) is 0 Å². The van der Waals surface area contributed by atoms with Gasteiger partial charge in [-0.25, -0.2) is 13.2 Å². The molecule has 0 saturated carbocycles. The van der Waals surface area contributed by atoms with Crippen molar-refractivity contribution in [2.24, 2.45) is 0 Å². The van der Waals surface area contributed by atoms with Gasteiger partial charge in [-0.2, -0.15) is 0 Å². The quantitative estimate of drug-likeness (QED) is 0.568. The third-order valence-electron chi connectivity index (χ3n) is 1.12. The van der Waals surface area contributed by atoms with E-state index >= 15 is 0 Å². The summed E-state index contributed by atoms with van der Waals surface area (Å²) in [5, 5.41) is 12.6. The van der Waals surface area contributed by atoms with Crippen molar-refractivity contribution in [2.45, 2.75) is 5.92 Å². The number of thiocarbonyl (C=S) groups is 1. The predicted octanol–water partition coefficient (Wildman–Crippen LogP) is 0.0476. The number of rotatable bonds is 5. The zero-order valence-electron chi connectivity index (χ0n) is 6.82. The normalized spacial score (nSPS) is 11.1. The molecule has 0 bridgehead atoms. The number of hydrogen-bond acceptors (Lipinski definition) is 2. The number of nitrogens with one attached hydrogen (secondary N) is 2. The zero-order chi connectivity index (χ0) is 10.3. The van der Waals surface area contributed by atoms with Gasteiger partial charge in [0, 0.05) is 6.54 Å². The monoisotopic (exact) mass is 216 g/mol. The average Bonchev–Trinajstić information content (AvgIpc) is 2.11. The van der Waals surface area contributed by atoms with Gasteiger partial charge in [-0.05, 0) is 12.2 Å². The number of alkyl halides is 3. The molecule has 0 aliphatic heterocycles. The first kappa shape index (κ1) is 12.4. The van der Waals surface area contributed by atoms with Gasteiger partial charge in [0.1, 0.15) is 13.3 Å². The van der Waals surface area contributed by atoms with Crippen molar-refractivity contribution in [1.29, 1.82) is 0 Å². The van der Waals surface area contributed by atoms with Crippen LogP contribution in [0.3, 0.4) is 0 Å². The van der Waals surface area contributed by atoms with E-state index in [-0.39, 0.29) is 11.7 Å². The molecule has 0 aliphatic rings. The Labute approximate surface area is 79.3 Å². The van der Waals surface area contributed by atoms with E-state index in [1.54, 1.807) is 0 Å². The molecule has 0 heterocycles. The fourth-order valence-corrected chi connectivity index (χ4v) is 0.663. The molecule has 7 heteroatoms. The maximum atomic E-state index is 12.4. The third-order valence-corrected chi connectivity index (χ3v) is 1.41. The van der Waals surface area contributed by atoms with Gasteiger partial charge in [0.15, 0.2) is 5.11 Å². The standard InChI is InChI=1S/C6H11F3N2OS/c7-1-2-10-5(13)11-3-6(8,9)4-12/h12H,1-4H2,(H2,10,11,13). The van der Waals surface area contributed by atoms with Gasteiger partial charge in [0.2, 0.25) is 0 Å². The number of hydrogen-bond donors (Lipinski definition) is 3. The minimum absolute atomic E-state index is 0.0173. The first-order chi connectivity index (χ1) is 6.02. The zero-order valence-corrected chi connectivity index (χ0v) is 7.63. The molecule has 78 valence electrons. The molecule has 3 N–H and O–H groups in total. The Kier molecular flexibility index (Phi) is 5.72. The molecule has 0 aliphatic carbocycles. The molecule has 0 saturated heterocycles. The summed E-state index contributed by atoms with van der Waals surface area (Å²) < 4.78 is 36.3. The molecule has 13 heavy (non-hydrogen) atoms. The van der Waals surface area contributed by atoms with Gasteiger partial charge in [-0.1, -0.05) is 0 Å². The van der Waals surface area contributed by atoms with Crippen LogP contribution in [0, 0.1) is 0 Å². The Balaban J connectivity index is 3.57. The lowest BCUT2D eigenvalue weighted by molar-refractivity contribution is -0.0443. The summed E-state index contributed by atoms with van der Waals surface area (Å²) in [6.07, 6.45) is 0. The number of aliphatic hydroxyl groups is 1. The van der Waals surface area contributed by atoms with Crippen molar-refractivity contribution in [2.75, 3.05) is 26.4 Å². The third kappa shape index (κ3) is 6.59. The first-order valence-corrected chi connectivity index (χ1v) is 3.99. The molecular weight excluding hydrogens is 205 g/mol. The van der Waals surface area contributed by atoms with Crippen LogP contribution in [0.2, 0.25) is 0 Å². The Hall–Kier alpha value is -0.560. The minimum Gasteiger partial charge on any atom is -0.390 e. The molecule has 0 aromatic rings. The molecule has 0 rings (SSSR count). The second-order valence-corrected chi connectivity index (χ2v) is 2.72. The lowest BCUT2D eigenvalue weighted by atomic mass is 10.3. The van der Waals surface area contributed by atoms with E-state index in [0.717, 1.165) is 0 Å². The van der Waals surface area contributed by atoms with E-state index in [2.05, 4.69) is 22.9 Å². The summed E-state index contributed by atoms with van der Waals surface area (Å²) in [5.74, 6) is -3.21. The molecule has 3 nitrogen and oxygen atoms in total. The van der Waals surface area contributed by atoms with Gasteiger partial charge in [0.05, 0.1) is 6.54 Å². The summed E-state index contributed by atoms with van der Waals surface area (Å²) in [6, 6.07) is 0. The van der Waals surface area contributed by atoms with E-state index in [1.807, 2.05) is 0 Å². The van der Waals surface area contributed by atoms with E-state index in [4.69, 9.17) is 5.11 Å². The number of aliphatic hydroxyl groups excluding tert-OH is 1. The Morgan fingerprint density at radius 1 is 1.38 bits per heavy atom. The molecule has 0 atom stereocenters. The largest absolute Gasteiger partial charge is 0.390 e. The first-order valence-electron chi connectivity index (χ1n) is 3.58. The second kappa shape index (κ2) is 5.98. The molecule has 0 unspecified atom stereocenters. The smallest absolute Gasteiger partial charge is 0.287 e. The highest BCUT2D eigenvalue weighted by Crippen LogP contribution is 2.09. The van der Waals surface area contributed by atoms with Crippen molar-refractivity contribution < 1.29 is 18.3 Å². The van der Waals surface area contributed by atoms with Crippen LogP contribution in [0.1, 0.15) is 0 Å². The van der Waals surface area contributed by atoms with Gasteiger partial charge in [0.25, 0.3) is 5.92 Å². The minimum atomic E-state index is -3.21. The summed E-state index contributed by atoms with van der Waals surface area (Å²) in [7, 11) is 0. The van der Waals surface area contributed by atoms with Gasteiger partial charge in [-0.15, -0.1) is 0 Å². The topological polar surface area (TPSA) is 44.3 Å². The summed E-state index contributed by atoms with van der Waals surface area (Å²) >= 11 is 4.53. The van der Waals surface area contributed by atoms with Crippen LogP contribution >= 0.6 is 12.2 Å². The highest BCUT2D eigenvalue weighted by atomic mass is 32.1. The van der Waals surface area contributed by atoms with Gasteiger partial charge >= 0.3 is 0 Å². The van der Waals surface area contributed by atoms with E-state index in [0.29, 0.717) is 0 Å². The fourth-order valence-electron chi connectivity index (χ4n) is 0.489. The summed E-state index contributed by atoms with van der Waals surface area (Å²) in [6.45, 7) is -2.65. The van der Waals surface area contributed by atoms with Crippen molar-refractivity contribution in [3.05, 3.63) is 0 Å². The average molecular weight is 216 g/mol. The van der Waals surface area contributed by atoms with E-state index in [1.165, 1.54) is 0 Å². The van der Waals surface area contributed by atoms with Crippen molar-refractivity contribution in [1.82, 2.24) is 10.6 Å². The van der Waals surface area contributed by atoms with Crippen LogP contribution < -0.4 is 10.6 Å². The van der Waals surface area contributed by atoms with E-state index in [9.17, 15) is 13.2 Å². The molecular formula is C6H11F3N2OS. The maximum absolute atomic E-state index is 12.4. The lowest BCUT2D eigenvalue weighted by Gasteiger charge is -2.15. The number of halogens is 3. The highest BCUT2D eigenvalue weighted by Gasteiger charge is 2.27. The molecule has 0 spiro atoms. The van der Waals surface area contributed by atoms with Crippen LogP contribution in [-0.2, 0) is 0 Å². The Morgan fingerprint density at radius 2 is 2.00 bits per heavy atom. The lowest BCUT2D eigenvalue weighted by Crippen LogP contribution is -2.44. The van der Waals surface area contributed by atoms with Crippen LogP contribution in [0.4, 0.5) is 13.2 Å². The molecule has 0 radical (unpaired) electrons. The molecule has 0 amide bonds. The summed E-state index contributed by atoms with van der Waals surface area (Å²) in [5.41, 5.74) is 0. The molecule has 0 aromatic carbocycles. The van der Waals surface area contributed by atoms with Crippen LogP contribution in [0.15, 0.2) is 0 Å². The maximum Gasteiger partial charge on any atom is 0.287 e. The Bertz CT molecular complexity index is 168.